The number of rotatable bonds is 4. The molecule has 0 atom stereocenters. The third kappa shape index (κ3) is 2.07. The van der Waals surface area contributed by atoms with Gasteiger partial charge in [0.1, 0.15) is 0 Å². The highest BCUT2D eigenvalue weighted by atomic mass is 32.1. The molecule has 1 aromatic rings. The van der Waals surface area contributed by atoms with Gasteiger partial charge in [0.2, 0.25) is 0 Å². The standard InChI is InChI=1S/C10H16N2OS/c1-7-9(6-13)14-10(11-7)12(2)5-8-3-4-8/h8,13H,3-6H2,1-2H3. The molecule has 1 heterocycles. The second kappa shape index (κ2) is 3.87. The number of aliphatic hydroxyl groups excluding tert-OH is 1. The van der Waals surface area contributed by atoms with Crippen molar-refractivity contribution in [3.63, 3.8) is 0 Å². The zero-order valence-electron chi connectivity index (χ0n) is 8.66. The van der Waals surface area contributed by atoms with Gasteiger partial charge in [-0.2, -0.15) is 0 Å². The quantitative estimate of drug-likeness (QED) is 0.826. The van der Waals surface area contributed by atoms with Crippen LogP contribution in [0.25, 0.3) is 0 Å². The molecule has 0 bridgehead atoms. The van der Waals surface area contributed by atoms with E-state index in [-0.39, 0.29) is 6.61 Å². The van der Waals surface area contributed by atoms with E-state index in [0.29, 0.717) is 0 Å². The van der Waals surface area contributed by atoms with E-state index >= 15 is 0 Å². The van der Waals surface area contributed by atoms with Gasteiger partial charge in [0.15, 0.2) is 5.13 Å². The smallest absolute Gasteiger partial charge is 0.185 e. The predicted molar refractivity (Wildman–Crippen MR) is 58.8 cm³/mol. The van der Waals surface area contributed by atoms with E-state index in [2.05, 4.69) is 16.9 Å². The largest absolute Gasteiger partial charge is 0.391 e. The van der Waals surface area contributed by atoms with Crippen molar-refractivity contribution in [3.8, 4) is 0 Å². The summed E-state index contributed by atoms with van der Waals surface area (Å²) in [5.74, 6) is 0.877. The Labute approximate surface area is 88.4 Å². The third-order valence-corrected chi connectivity index (χ3v) is 3.84. The Morgan fingerprint density at radius 1 is 1.57 bits per heavy atom. The number of anilines is 1. The van der Waals surface area contributed by atoms with Gasteiger partial charge in [-0.05, 0) is 25.7 Å². The van der Waals surface area contributed by atoms with E-state index in [1.807, 2.05) is 6.92 Å². The summed E-state index contributed by atoms with van der Waals surface area (Å²) >= 11 is 1.60. The minimum atomic E-state index is 0.112. The lowest BCUT2D eigenvalue weighted by Crippen LogP contribution is -2.19. The van der Waals surface area contributed by atoms with E-state index in [1.54, 1.807) is 11.3 Å². The van der Waals surface area contributed by atoms with Crippen LogP contribution >= 0.6 is 11.3 Å². The maximum atomic E-state index is 9.06. The first-order valence-electron chi connectivity index (χ1n) is 4.99. The summed E-state index contributed by atoms with van der Waals surface area (Å²) < 4.78 is 0. The number of hydrogen-bond donors (Lipinski definition) is 1. The van der Waals surface area contributed by atoms with Crippen LogP contribution in [-0.2, 0) is 6.61 Å². The summed E-state index contributed by atoms with van der Waals surface area (Å²) in [4.78, 5) is 7.64. The maximum absolute atomic E-state index is 9.06. The van der Waals surface area contributed by atoms with Crippen molar-refractivity contribution in [3.05, 3.63) is 10.6 Å². The molecule has 2 rings (SSSR count). The van der Waals surface area contributed by atoms with Gasteiger partial charge in [-0.25, -0.2) is 4.98 Å². The Kier molecular flexibility index (Phi) is 2.74. The molecule has 3 nitrogen and oxygen atoms in total. The zero-order chi connectivity index (χ0) is 10.1. The number of aliphatic hydroxyl groups is 1. The lowest BCUT2D eigenvalue weighted by Gasteiger charge is -2.14. The van der Waals surface area contributed by atoms with Crippen molar-refractivity contribution in [1.29, 1.82) is 0 Å². The molecule has 1 N–H and O–H groups in total. The summed E-state index contributed by atoms with van der Waals surface area (Å²) in [6.45, 7) is 3.18. The van der Waals surface area contributed by atoms with Crippen LogP contribution in [0.4, 0.5) is 5.13 Å². The minimum absolute atomic E-state index is 0.112. The fourth-order valence-electron chi connectivity index (χ4n) is 1.49. The zero-order valence-corrected chi connectivity index (χ0v) is 9.47. The second-order valence-electron chi connectivity index (χ2n) is 3.99. The highest BCUT2D eigenvalue weighted by Crippen LogP contribution is 2.32. The summed E-state index contributed by atoms with van der Waals surface area (Å²) in [5, 5.41) is 10.1. The van der Waals surface area contributed by atoms with E-state index in [1.165, 1.54) is 12.8 Å². The van der Waals surface area contributed by atoms with E-state index in [9.17, 15) is 0 Å². The van der Waals surface area contributed by atoms with Crippen molar-refractivity contribution < 1.29 is 5.11 Å². The lowest BCUT2D eigenvalue weighted by molar-refractivity contribution is 0.284. The van der Waals surface area contributed by atoms with Crippen molar-refractivity contribution >= 4 is 16.5 Å². The molecular formula is C10H16N2OS. The SMILES string of the molecule is Cc1nc(N(C)CC2CC2)sc1CO. The molecule has 0 aliphatic heterocycles. The van der Waals surface area contributed by atoms with Crippen molar-refractivity contribution in [1.82, 2.24) is 4.98 Å². The second-order valence-corrected chi connectivity index (χ2v) is 5.05. The van der Waals surface area contributed by atoms with Gasteiger partial charge in [0, 0.05) is 13.6 Å². The van der Waals surface area contributed by atoms with Gasteiger partial charge in [0.25, 0.3) is 0 Å². The first kappa shape index (κ1) is 9.93. The molecule has 0 amide bonds. The topological polar surface area (TPSA) is 36.4 Å². The van der Waals surface area contributed by atoms with E-state index in [0.717, 1.165) is 28.2 Å². The Hall–Kier alpha value is -0.610. The van der Waals surface area contributed by atoms with E-state index in [4.69, 9.17) is 5.11 Å². The predicted octanol–water partition coefficient (Wildman–Crippen LogP) is 1.79. The fourth-order valence-corrected chi connectivity index (χ4v) is 2.38. The van der Waals surface area contributed by atoms with Crippen LogP contribution in [0.5, 0.6) is 0 Å². The number of aryl methyl sites for hydroxylation is 1. The molecule has 78 valence electrons. The van der Waals surface area contributed by atoms with Gasteiger partial charge in [-0.1, -0.05) is 11.3 Å². The summed E-state index contributed by atoms with van der Waals surface area (Å²) in [6.07, 6.45) is 2.73. The van der Waals surface area contributed by atoms with Crippen molar-refractivity contribution in [2.24, 2.45) is 5.92 Å². The highest BCUT2D eigenvalue weighted by molar-refractivity contribution is 7.15. The van der Waals surface area contributed by atoms with E-state index < -0.39 is 0 Å². The van der Waals surface area contributed by atoms with Gasteiger partial charge in [-0.3, -0.25) is 0 Å². The molecule has 0 saturated heterocycles. The number of hydrogen-bond acceptors (Lipinski definition) is 4. The molecule has 0 spiro atoms. The van der Waals surface area contributed by atoms with Crippen LogP contribution in [0.1, 0.15) is 23.4 Å². The molecule has 14 heavy (non-hydrogen) atoms. The van der Waals surface area contributed by atoms with Gasteiger partial charge < -0.3 is 10.0 Å². The number of nitrogens with zero attached hydrogens (tertiary/aromatic N) is 2. The van der Waals surface area contributed by atoms with Gasteiger partial charge in [0.05, 0.1) is 17.2 Å². The maximum Gasteiger partial charge on any atom is 0.185 e. The van der Waals surface area contributed by atoms with Crippen LogP contribution < -0.4 is 4.90 Å². The first-order chi connectivity index (χ1) is 6.70. The molecule has 0 aromatic carbocycles. The van der Waals surface area contributed by atoms with Crippen LogP contribution in [0.2, 0.25) is 0 Å². The summed E-state index contributed by atoms with van der Waals surface area (Å²) in [7, 11) is 2.08. The van der Waals surface area contributed by atoms with Gasteiger partial charge >= 0.3 is 0 Å². The van der Waals surface area contributed by atoms with Crippen LogP contribution in [-0.4, -0.2) is 23.7 Å². The molecule has 4 heteroatoms. The van der Waals surface area contributed by atoms with Crippen LogP contribution in [0.15, 0.2) is 0 Å². The monoisotopic (exact) mass is 212 g/mol. The fraction of sp³-hybridized carbons (Fsp3) is 0.700. The highest BCUT2D eigenvalue weighted by Gasteiger charge is 2.24. The van der Waals surface area contributed by atoms with Crippen LogP contribution in [0, 0.1) is 12.8 Å². The van der Waals surface area contributed by atoms with Crippen molar-refractivity contribution in [2.75, 3.05) is 18.5 Å². The Balaban J connectivity index is 2.06. The molecule has 1 saturated carbocycles. The molecule has 0 unspecified atom stereocenters. The molecule has 1 aliphatic rings. The summed E-state index contributed by atoms with van der Waals surface area (Å²) in [5.41, 5.74) is 0.968. The average molecular weight is 212 g/mol. The Morgan fingerprint density at radius 3 is 2.79 bits per heavy atom. The molecule has 1 aliphatic carbocycles. The lowest BCUT2D eigenvalue weighted by atomic mass is 10.4. The minimum Gasteiger partial charge on any atom is -0.391 e. The van der Waals surface area contributed by atoms with Crippen LogP contribution in [0.3, 0.4) is 0 Å². The molecule has 1 fully saturated rings. The summed E-state index contributed by atoms with van der Waals surface area (Å²) in [6, 6.07) is 0. The van der Waals surface area contributed by atoms with Gasteiger partial charge in [-0.15, -0.1) is 0 Å². The first-order valence-corrected chi connectivity index (χ1v) is 5.80. The number of thiazole rings is 1. The average Bonchev–Trinajstić information content (AvgIpc) is 2.87. The Bertz CT molecular complexity index is 320. The molecular weight excluding hydrogens is 196 g/mol. The van der Waals surface area contributed by atoms with Crippen molar-refractivity contribution in [2.45, 2.75) is 26.4 Å². The molecule has 1 aromatic heterocycles. The Morgan fingerprint density at radius 2 is 2.29 bits per heavy atom. The number of aromatic nitrogens is 1. The third-order valence-electron chi connectivity index (χ3n) is 2.58. The molecule has 0 radical (unpaired) electrons. The normalized spacial score (nSPS) is 15.9.